The zero-order valence-electron chi connectivity index (χ0n) is 22.0. The summed E-state index contributed by atoms with van der Waals surface area (Å²) in [7, 11) is 0. The van der Waals surface area contributed by atoms with E-state index >= 15 is 0 Å². The van der Waals surface area contributed by atoms with E-state index in [-0.39, 0.29) is 23.8 Å². The molecule has 0 saturated carbocycles. The predicted octanol–water partition coefficient (Wildman–Crippen LogP) is 3.16. The van der Waals surface area contributed by atoms with Crippen LogP contribution in [-0.4, -0.2) is 72.9 Å². The van der Waals surface area contributed by atoms with Crippen LogP contribution in [0.5, 0.6) is 5.75 Å². The molecule has 4 heterocycles. The Morgan fingerprint density at radius 3 is 2.61 bits per heavy atom. The third-order valence-corrected chi connectivity index (χ3v) is 8.75. The lowest BCUT2D eigenvalue weighted by molar-refractivity contribution is -0.138. The SMILES string of the molecule is CCOc1ccc(C(=O)N2CCCNC(=O)[C@@H]3C[C@@H]4CCCN4[C@@]34C(=O)N(CCC2)c2ccccc24)cc1. The van der Waals surface area contributed by atoms with Crippen molar-refractivity contribution in [1.29, 1.82) is 0 Å². The van der Waals surface area contributed by atoms with Crippen molar-refractivity contribution in [3.8, 4) is 5.75 Å². The van der Waals surface area contributed by atoms with Gasteiger partial charge in [0.25, 0.3) is 11.8 Å². The smallest absolute Gasteiger partial charge is 0.253 e. The highest BCUT2D eigenvalue weighted by atomic mass is 16.5. The van der Waals surface area contributed by atoms with Crippen LogP contribution in [0.2, 0.25) is 0 Å². The normalized spacial score (nSPS) is 27.5. The summed E-state index contributed by atoms with van der Waals surface area (Å²) in [5.74, 6) is 0.256. The van der Waals surface area contributed by atoms with E-state index < -0.39 is 11.5 Å². The Kier molecular flexibility index (Phi) is 6.60. The predicted molar refractivity (Wildman–Crippen MR) is 144 cm³/mol. The largest absolute Gasteiger partial charge is 0.494 e. The van der Waals surface area contributed by atoms with Crippen LogP contribution in [0, 0.1) is 5.92 Å². The molecule has 0 aromatic heterocycles. The number of ether oxygens (including phenoxy) is 1. The van der Waals surface area contributed by atoms with Crippen LogP contribution < -0.4 is 15.0 Å². The van der Waals surface area contributed by atoms with Gasteiger partial charge >= 0.3 is 0 Å². The van der Waals surface area contributed by atoms with E-state index in [9.17, 15) is 14.4 Å². The first kappa shape index (κ1) is 24.9. The molecule has 2 aromatic rings. The highest BCUT2D eigenvalue weighted by Crippen LogP contribution is 2.57. The molecule has 6 rings (SSSR count). The van der Waals surface area contributed by atoms with Crippen LogP contribution in [0.1, 0.15) is 54.9 Å². The summed E-state index contributed by atoms with van der Waals surface area (Å²) < 4.78 is 5.52. The second-order valence-corrected chi connectivity index (χ2v) is 10.8. The van der Waals surface area contributed by atoms with Crippen molar-refractivity contribution in [2.45, 2.75) is 50.6 Å². The molecule has 3 atom stereocenters. The van der Waals surface area contributed by atoms with Crippen LogP contribution in [0.4, 0.5) is 5.69 Å². The number of anilines is 1. The highest BCUT2D eigenvalue weighted by molar-refractivity contribution is 6.11. The number of hydrogen-bond donors (Lipinski definition) is 1. The average molecular weight is 517 g/mol. The Hall–Kier alpha value is -3.39. The van der Waals surface area contributed by atoms with Crippen LogP contribution >= 0.6 is 0 Å². The van der Waals surface area contributed by atoms with Crippen LogP contribution in [0.3, 0.4) is 0 Å². The fourth-order valence-electron chi connectivity index (χ4n) is 7.16. The van der Waals surface area contributed by atoms with Gasteiger partial charge in [-0.2, -0.15) is 0 Å². The number of rotatable bonds is 3. The Labute approximate surface area is 223 Å². The minimum Gasteiger partial charge on any atom is -0.494 e. The molecule has 8 heteroatoms. The molecule has 200 valence electrons. The number of nitrogens with zero attached hydrogens (tertiary/aromatic N) is 3. The van der Waals surface area contributed by atoms with Crippen molar-refractivity contribution in [1.82, 2.24) is 15.1 Å². The Morgan fingerprint density at radius 1 is 1.00 bits per heavy atom. The summed E-state index contributed by atoms with van der Waals surface area (Å²) in [5.41, 5.74) is 1.56. The van der Waals surface area contributed by atoms with Crippen molar-refractivity contribution in [2.75, 3.05) is 44.2 Å². The van der Waals surface area contributed by atoms with E-state index in [1.165, 1.54) is 0 Å². The number of carbonyl (C=O) groups excluding carboxylic acids is 3. The molecule has 4 aliphatic rings. The molecule has 3 fully saturated rings. The molecule has 0 unspecified atom stereocenters. The van der Waals surface area contributed by atoms with Crippen molar-refractivity contribution in [3.63, 3.8) is 0 Å². The Morgan fingerprint density at radius 2 is 1.79 bits per heavy atom. The summed E-state index contributed by atoms with van der Waals surface area (Å²) in [5, 5.41) is 3.14. The maximum atomic E-state index is 14.4. The van der Waals surface area contributed by atoms with Gasteiger partial charge in [-0.25, -0.2) is 0 Å². The summed E-state index contributed by atoms with van der Waals surface area (Å²) in [4.78, 5) is 47.6. The fourth-order valence-corrected chi connectivity index (χ4v) is 7.16. The number of para-hydroxylation sites is 1. The highest BCUT2D eigenvalue weighted by Gasteiger charge is 2.66. The molecule has 0 aliphatic carbocycles. The van der Waals surface area contributed by atoms with Crippen molar-refractivity contribution in [2.24, 2.45) is 5.92 Å². The van der Waals surface area contributed by atoms with E-state index in [1.54, 1.807) is 12.1 Å². The molecular formula is C30H36N4O4. The number of amides is 3. The Bertz CT molecular complexity index is 1230. The molecule has 4 aliphatic heterocycles. The number of nitrogens with one attached hydrogen (secondary N) is 1. The molecular weight excluding hydrogens is 480 g/mol. The topological polar surface area (TPSA) is 82.2 Å². The standard InChI is InChI=1S/C30H36N4O4/c1-2-38-23-13-11-21(12-14-23)28(36)32-16-6-15-31-27(35)25-20-22-8-5-19-34(22)30(25)24-9-3-4-10-26(24)33(29(30)37)18-7-17-32/h3-4,9-14,22,25H,2,5-8,15-20H2,1H3,(H,31,35)/t22-,25-,30+/m0/s1. The molecule has 1 N–H and O–H groups in total. The fraction of sp³-hybridized carbons (Fsp3) is 0.500. The van der Waals surface area contributed by atoms with Gasteiger partial charge < -0.3 is 19.9 Å². The van der Waals surface area contributed by atoms with Gasteiger partial charge in [0.15, 0.2) is 0 Å². The lowest BCUT2D eigenvalue weighted by Gasteiger charge is -2.37. The monoisotopic (exact) mass is 516 g/mol. The van der Waals surface area contributed by atoms with E-state index in [0.717, 1.165) is 36.4 Å². The number of benzene rings is 2. The first-order valence-electron chi connectivity index (χ1n) is 14.0. The number of fused-ring (bicyclic) bond motifs is 4. The lowest BCUT2D eigenvalue weighted by Crippen LogP contribution is -2.56. The van der Waals surface area contributed by atoms with Crippen LogP contribution in [0.15, 0.2) is 48.5 Å². The number of carbonyl (C=O) groups is 3. The lowest BCUT2D eigenvalue weighted by atomic mass is 9.78. The third kappa shape index (κ3) is 3.88. The van der Waals surface area contributed by atoms with E-state index in [0.29, 0.717) is 57.6 Å². The molecule has 2 bridgehead atoms. The van der Waals surface area contributed by atoms with Gasteiger partial charge in [-0.15, -0.1) is 0 Å². The van der Waals surface area contributed by atoms with Gasteiger partial charge in [-0.3, -0.25) is 19.3 Å². The Balaban J connectivity index is 1.30. The second-order valence-electron chi connectivity index (χ2n) is 10.8. The van der Waals surface area contributed by atoms with Gasteiger partial charge in [0.2, 0.25) is 5.91 Å². The van der Waals surface area contributed by atoms with Gasteiger partial charge in [-0.1, -0.05) is 18.2 Å². The van der Waals surface area contributed by atoms with E-state index in [4.69, 9.17) is 4.74 Å². The zero-order valence-corrected chi connectivity index (χ0v) is 22.0. The maximum Gasteiger partial charge on any atom is 0.253 e. The van der Waals surface area contributed by atoms with Crippen LogP contribution in [-0.2, 0) is 15.1 Å². The molecule has 8 nitrogen and oxygen atoms in total. The van der Waals surface area contributed by atoms with Gasteiger partial charge in [0, 0.05) is 49.0 Å². The van der Waals surface area contributed by atoms with Crippen molar-refractivity contribution in [3.05, 3.63) is 59.7 Å². The van der Waals surface area contributed by atoms with Crippen molar-refractivity contribution < 1.29 is 19.1 Å². The summed E-state index contributed by atoms with van der Waals surface area (Å²) in [6, 6.07) is 15.5. The average Bonchev–Trinajstić information content (AvgIpc) is 3.59. The van der Waals surface area contributed by atoms with E-state index in [1.807, 2.05) is 53.1 Å². The van der Waals surface area contributed by atoms with Gasteiger partial charge in [0.05, 0.1) is 12.5 Å². The summed E-state index contributed by atoms with van der Waals surface area (Å²) in [6.45, 7) is 5.41. The van der Waals surface area contributed by atoms with Gasteiger partial charge in [0.1, 0.15) is 11.3 Å². The molecule has 0 radical (unpaired) electrons. The maximum absolute atomic E-state index is 14.4. The molecule has 2 aromatic carbocycles. The summed E-state index contributed by atoms with van der Waals surface area (Å²) in [6.07, 6.45) is 4.12. The van der Waals surface area contributed by atoms with E-state index in [2.05, 4.69) is 10.2 Å². The first-order chi connectivity index (χ1) is 18.6. The molecule has 3 amide bonds. The second kappa shape index (κ2) is 10.1. The molecule has 38 heavy (non-hydrogen) atoms. The quantitative estimate of drug-likeness (QED) is 0.678. The third-order valence-electron chi connectivity index (χ3n) is 8.75. The first-order valence-corrected chi connectivity index (χ1v) is 14.0. The zero-order chi connectivity index (χ0) is 26.3. The number of hydrogen-bond acceptors (Lipinski definition) is 5. The minimum absolute atomic E-state index is 0.0203. The van der Waals surface area contributed by atoms with Crippen molar-refractivity contribution >= 4 is 23.4 Å². The van der Waals surface area contributed by atoms with Crippen LogP contribution in [0.25, 0.3) is 0 Å². The molecule has 3 saturated heterocycles. The summed E-state index contributed by atoms with van der Waals surface area (Å²) >= 11 is 0. The molecule has 1 spiro atoms. The van der Waals surface area contributed by atoms with Gasteiger partial charge in [-0.05, 0) is 75.9 Å². The minimum atomic E-state index is -0.923.